The molecule has 0 radical (unpaired) electrons. The molecule has 8 heteroatoms. The maximum Gasteiger partial charge on any atom is 0.355 e. The van der Waals surface area contributed by atoms with Gasteiger partial charge in [0.25, 0.3) is 10.0 Å². The number of aromatic nitrogens is 2. The molecule has 0 aliphatic heterocycles. The van der Waals surface area contributed by atoms with E-state index in [2.05, 4.69) is 14.7 Å². The number of anilines is 1. The van der Waals surface area contributed by atoms with Gasteiger partial charge in [0.05, 0.1) is 6.61 Å². The first-order valence-electron chi connectivity index (χ1n) is 7.09. The van der Waals surface area contributed by atoms with Crippen molar-refractivity contribution in [1.82, 2.24) is 9.97 Å². The normalized spacial score (nSPS) is 11.3. The molecule has 0 fully saturated rings. The third-order valence-electron chi connectivity index (χ3n) is 3.24. The molecule has 0 aliphatic carbocycles. The van der Waals surface area contributed by atoms with Gasteiger partial charge in [-0.25, -0.2) is 18.2 Å². The van der Waals surface area contributed by atoms with E-state index in [1.54, 1.807) is 45.9 Å². The molecule has 124 valence electrons. The smallest absolute Gasteiger partial charge is 0.355 e. The van der Waals surface area contributed by atoms with E-state index in [9.17, 15) is 13.2 Å². The summed E-state index contributed by atoms with van der Waals surface area (Å²) in [7, 11) is -3.87. The first kappa shape index (κ1) is 17.0. The van der Waals surface area contributed by atoms with Crippen molar-refractivity contribution in [3.8, 4) is 0 Å². The van der Waals surface area contributed by atoms with E-state index in [0.29, 0.717) is 17.0 Å². The lowest BCUT2D eigenvalue weighted by atomic mass is 10.2. The highest BCUT2D eigenvalue weighted by molar-refractivity contribution is 7.92. The molecule has 0 saturated heterocycles. The highest BCUT2D eigenvalue weighted by Gasteiger charge is 2.27. The Labute approximate surface area is 135 Å². The third-order valence-corrected chi connectivity index (χ3v) is 4.87. The number of aromatic amines is 1. The van der Waals surface area contributed by atoms with Crippen LogP contribution in [-0.4, -0.2) is 31.0 Å². The predicted octanol–water partition coefficient (Wildman–Crippen LogP) is 2.31. The fourth-order valence-corrected chi connectivity index (χ4v) is 3.78. The molecule has 2 aromatic rings. The molecule has 0 aliphatic rings. The first-order valence-corrected chi connectivity index (χ1v) is 8.57. The van der Waals surface area contributed by atoms with Crippen molar-refractivity contribution in [2.75, 3.05) is 11.3 Å². The SMILES string of the molecule is CCOC(=O)c1[nH]c(C)c(S(=O)(=O)Nc2cccc(C)n2)c1C. The number of aryl methyl sites for hydroxylation is 2. The van der Waals surface area contributed by atoms with E-state index in [-0.39, 0.29) is 23.0 Å². The highest BCUT2D eigenvalue weighted by Crippen LogP contribution is 2.25. The van der Waals surface area contributed by atoms with Gasteiger partial charge < -0.3 is 9.72 Å². The highest BCUT2D eigenvalue weighted by atomic mass is 32.2. The van der Waals surface area contributed by atoms with Crippen LogP contribution in [0.15, 0.2) is 23.1 Å². The summed E-state index contributed by atoms with van der Waals surface area (Å²) in [5.41, 5.74) is 1.52. The van der Waals surface area contributed by atoms with Crippen LogP contribution < -0.4 is 4.72 Å². The van der Waals surface area contributed by atoms with Crippen LogP contribution in [0.1, 0.15) is 34.4 Å². The molecule has 2 aromatic heterocycles. The van der Waals surface area contributed by atoms with Crippen molar-refractivity contribution in [3.05, 3.63) is 40.8 Å². The van der Waals surface area contributed by atoms with Crippen LogP contribution in [0.4, 0.5) is 5.82 Å². The third kappa shape index (κ3) is 3.53. The number of carbonyl (C=O) groups excluding carboxylic acids is 1. The van der Waals surface area contributed by atoms with Gasteiger partial charge in [0.15, 0.2) is 0 Å². The van der Waals surface area contributed by atoms with Crippen LogP contribution in [0.5, 0.6) is 0 Å². The van der Waals surface area contributed by atoms with Gasteiger partial charge in [0, 0.05) is 17.0 Å². The fourth-order valence-electron chi connectivity index (χ4n) is 2.33. The number of pyridine rings is 1. The van der Waals surface area contributed by atoms with E-state index in [1.165, 1.54) is 0 Å². The molecule has 2 N–H and O–H groups in total. The second-order valence-electron chi connectivity index (χ2n) is 5.07. The lowest BCUT2D eigenvalue weighted by Crippen LogP contribution is -2.16. The Balaban J connectivity index is 2.42. The Morgan fingerprint density at radius 3 is 2.61 bits per heavy atom. The summed E-state index contributed by atoms with van der Waals surface area (Å²) in [6.07, 6.45) is 0. The second-order valence-corrected chi connectivity index (χ2v) is 6.69. The van der Waals surface area contributed by atoms with Crippen molar-refractivity contribution in [2.24, 2.45) is 0 Å². The van der Waals surface area contributed by atoms with Gasteiger partial charge in [-0.15, -0.1) is 0 Å². The molecule has 0 spiro atoms. The Morgan fingerprint density at radius 2 is 2.00 bits per heavy atom. The molecule has 0 aromatic carbocycles. The molecular weight excluding hydrogens is 318 g/mol. The average Bonchev–Trinajstić information content (AvgIpc) is 2.74. The Bertz CT molecular complexity index is 840. The van der Waals surface area contributed by atoms with Crippen LogP contribution in [0.3, 0.4) is 0 Å². The zero-order valence-electron chi connectivity index (χ0n) is 13.4. The standard InChI is InChI=1S/C15H19N3O4S/c1-5-22-15(19)13-10(3)14(11(4)17-13)23(20,21)18-12-8-6-7-9(2)16-12/h6-8,17H,5H2,1-4H3,(H,16,18). The summed E-state index contributed by atoms with van der Waals surface area (Å²) in [4.78, 5) is 18.8. The van der Waals surface area contributed by atoms with Gasteiger partial charge in [-0.1, -0.05) is 6.07 Å². The molecule has 23 heavy (non-hydrogen) atoms. The molecule has 0 bridgehead atoms. The first-order chi connectivity index (χ1) is 10.8. The molecule has 0 unspecified atom stereocenters. The quantitative estimate of drug-likeness (QED) is 0.815. The van der Waals surface area contributed by atoms with Gasteiger partial charge in [0.2, 0.25) is 0 Å². The van der Waals surface area contributed by atoms with E-state index in [0.717, 1.165) is 0 Å². The fraction of sp³-hybridized carbons (Fsp3) is 0.333. The lowest BCUT2D eigenvalue weighted by Gasteiger charge is -2.08. The zero-order chi connectivity index (χ0) is 17.2. The van der Waals surface area contributed by atoms with Crippen LogP contribution in [0, 0.1) is 20.8 Å². The molecule has 7 nitrogen and oxygen atoms in total. The topological polar surface area (TPSA) is 101 Å². The number of H-pyrrole nitrogens is 1. The second kappa shape index (κ2) is 6.41. The zero-order valence-corrected chi connectivity index (χ0v) is 14.2. The van der Waals surface area contributed by atoms with Crippen molar-refractivity contribution < 1.29 is 17.9 Å². The number of nitrogens with zero attached hydrogens (tertiary/aromatic N) is 1. The van der Waals surface area contributed by atoms with Crippen molar-refractivity contribution in [1.29, 1.82) is 0 Å². The minimum absolute atomic E-state index is 0.0314. The summed E-state index contributed by atoms with van der Waals surface area (Å²) >= 11 is 0. The van der Waals surface area contributed by atoms with E-state index < -0.39 is 16.0 Å². The number of carbonyl (C=O) groups is 1. The molecule has 0 saturated carbocycles. The van der Waals surface area contributed by atoms with Crippen LogP contribution >= 0.6 is 0 Å². The van der Waals surface area contributed by atoms with E-state index in [4.69, 9.17) is 4.74 Å². The van der Waals surface area contributed by atoms with Crippen LogP contribution in [0.25, 0.3) is 0 Å². The molecular formula is C15H19N3O4S. The Hall–Kier alpha value is -2.35. The van der Waals surface area contributed by atoms with E-state index in [1.807, 2.05) is 0 Å². The predicted molar refractivity (Wildman–Crippen MR) is 86.0 cm³/mol. The number of hydrogen-bond acceptors (Lipinski definition) is 5. The number of ether oxygens (including phenoxy) is 1. The van der Waals surface area contributed by atoms with Crippen LogP contribution in [0.2, 0.25) is 0 Å². The van der Waals surface area contributed by atoms with Gasteiger partial charge in [-0.3, -0.25) is 4.72 Å². The minimum Gasteiger partial charge on any atom is -0.461 e. The molecule has 0 atom stereocenters. The Kier molecular flexibility index (Phi) is 4.74. The van der Waals surface area contributed by atoms with E-state index >= 15 is 0 Å². The van der Waals surface area contributed by atoms with Gasteiger partial charge >= 0.3 is 5.97 Å². The average molecular weight is 337 g/mol. The number of rotatable bonds is 5. The van der Waals surface area contributed by atoms with Gasteiger partial charge in [-0.2, -0.15) is 0 Å². The van der Waals surface area contributed by atoms with Crippen molar-refractivity contribution in [2.45, 2.75) is 32.6 Å². The number of sulfonamides is 1. The molecule has 2 rings (SSSR count). The van der Waals surface area contributed by atoms with Gasteiger partial charge in [-0.05, 0) is 39.8 Å². The summed E-state index contributed by atoms with van der Waals surface area (Å²) in [5, 5.41) is 0. The number of hydrogen-bond donors (Lipinski definition) is 2. The van der Waals surface area contributed by atoms with Crippen LogP contribution in [-0.2, 0) is 14.8 Å². The van der Waals surface area contributed by atoms with Crippen molar-refractivity contribution in [3.63, 3.8) is 0 Å². The maximum atomic E-state index is 12.6. The maximum absolute atomic E-state index is 12.6. The summed E-state index contributed by atoms with van der Waals surface area (Å²) < 4.78 is 32.6. The number of esters is 1. The molecule has 2 heterocycles. The number of nitrogens with one attached hydrogen (secondary N) is 2. The van der Waals surface area contributed by atoms with Crippen molar-refractivity contribution >= 4 is 21.8 Å². The monoisotopic (exact) mass is 337 g/mol. The Morgan fingerprint density at radius 1 is 1.30 bits per heavy atom. The minimum atomic E-state index is -3.87. The lowest BCUT2D eigenvalue weighted by molar-refractivity contribution is 0.0519. The summed E-state index contributed by atoms with van der Waals surface area (Å²) in [6.45, 7) is 6.82. The molecule has 0 amide bonds. The summed E-state index contributed by atoms with van der Waals surface area (Å²) in [6, 6.07) is 5.04. The summed E-state index contributed by atoms with van der Waals surface area (Å²) in [5.74, 6) is -0.356. The van der Waals surface area contributed by atoms with Gasteiger partial charge in [0.1, 0.15) is 16.4 Å². The largest absolute Gasteiger partial charge is 0.461 e.